The number of fused-ring (bicyclic) bond motifs is 1. The number of rotatable bonds is 4. The molecule has 2 heterocycles. The highest BCUT2D eigenvalue weighted by Gasteiger charge is 2.18. The molecule has 1 amide bonds. The van der Waals surface area contributed by atoms with E-state index in [9.17, 15) is 4.79 Å². The summed E-state index contributed by atoms with van der Waals surface area (Å²) in [5.41, 5.74) is 3.94. The van der Waals surface area contributed by atoms with Gasteiger partial charge in [-0.05, 0) is 43.5 Å². The third-order valence-electron chi connectivity index (χ3n) is 4.93. The molecule has 6 nitrogen and oxygen atoms in total. The van der Waals surface area contributed by atoms with Crippen molar-refractivity contribution in [2.24, 2.45) is 0 Å². The van der Waals surface area contributed by atoms with E-state index in [0.717, 1.165) is 42.9 Å². The number of amides is 1. The minimum atomic E-state index is -0.238. The first-order valence-electron chi connectivity index (χ1n) is 9.52. The van der Waals surface area contributed by atoms with Crippen molar-refractivity contribution in [1.29, 1.82) is 0 Å². The zero-order valence-electron chi connectivity index (χ0n) is 16.2. The molecule has 1 aliphatic heterocycles. The van der Waals surface area contributed by atoms with E-state index in [2.05, 4.69) is 32.1 Å². The van der Waals surface area contributed by atoms with Gasteiger partial charge < -0.3 is 15.1 Å². The van der Waals surface area contributed by atoms with Gasteiger partial charge in [0.05, 0.1) is 34.3 Å². The summed E-state index contributed by atoms with van der Waals surface area (Å²) in [6, 6.07) is 13.2. The topological polar surface area (TPSA) is 61.4 Å². The molecule has 7 heteroatoms. The van der Waals surface area contributed by atoms with Crippen LogP contribution in [0.5, 0.6) is 0 Å². The second kappa shape index (κ2) is 8.59. The fourth-order valence-electron chi connectivity index (χ4n) is 3.32. The maximum Gasteiger partial charge on any atom is 0.248 e. The van der Waals surface area contributed by atoms with Crippen molar-refractivity contribution in [1.82, 2.24) is 14.9 Å². The summed E-state index contributed by atoms with van der Waals surface area (Å²) in [6.07, 6.45) is 4.78. The third kappa shape index (κ3) is 4.72. The van der Waals surface area contributed by atoms with Gasteiger partial charge in [0.15, 0.2) is 0 Å². The first kappa shape index (κ1) is 19.4. The lowest BCUT2D eigenvalue weighted by Gasteiger charge is -2.35. The molecular formula is C22H22ClN5O. The van der Waals surface area contributed by atoms with Crippen molar-refractivity contribution in [2.45, 2.75) is 0 Å². The molecular weight excluding hydrogens is 386 g/mol. The van der Waals surface area contributed by atoms with Crippen LogP contribution in [0, 0.1) is 0 Å². The van der Waals surface area contributed by atoms with Gasteiger partial charge in [-0.1, -0.05) is 23.7 Å². The molecule has 0 unspecified atom stereocenters. The van der Waals surface area contributed by atoms with Crippen LogP contribution in [-0.2, 0) is 4.79 Å². The molecule has 0 spiro atoms. The number of anilines is 2. The molecule has 2 aromatic carbocycles. The van der Waals surface area contributed by atoms with Crippen LogP contribution in [-0.4, -0.2) is 54.0 Å². The number of benzene rings is 2. The number of hydrogen-bond acceptors (Lipinski definition) is 5. The zero-order valence-corrected chi connectivity index (χ0v) is 16.9. The maximum absolute atomic E-state index is 12.5. The molecule has 0 atom stereocenters. The zero-order chi connectivity index (χ0) is 20.2. The number of halogens is 1. The molecule has 1 fully saturated rings. The van der Waals surface area contributed by atoms with Crippen LogP contribution < -0.4 is 10.2 Å². The first-order valence-corrected chi connectivity index (χ1v) is 9.90. The van der Waals surface area contributed by atoms with E-state index in [1.807, 2.05) is 36.4 Å². The molecule has 0 aliphatic carbocycles. The number of aromatic nitrogens is 2. The van der Waals surface area contributed by atoms with Crippen molar-refractivity contribution in [3.8, 4) is 0 Å². The van der Waals surface area contributed by atoms with Crippen LogP contribution in [0.4, 0.5) is 11.4 Å². The van der Waals surface area contributed by atoms with Crippen molar-refractivity contribution < 1.29 is 4.79 Å². The summed E-state index contributed by atoms with van der Waals surface area (Å²) >= 11 is 6.18. The number of hydrogen-bond donors (Lipinski definition) is 1. The fourth-order valence-corrected chi connectivity index (χ4v) is 3.49. The summed E-state index contributed by atoms with van der Waals surface area (Å²) in [5.74, 6) is -0.238. The first-order chi connectivity index (χ1) is 14.1. The van der Waals surface area contributed by atoms with E-state index in [1.165, 1.54) is 6.08 Å². The Balaban J connectivity index is 1.50. The van der Waals surface area contributed by atoms with Gasteiger partial charge in [-0.3, -0.25) is 9.78 Å². The van der Waals surface area contributed by atoms with Gasteiger partial charge in [0.25, 0.3) is 0 Å². The van der Waals surface area contributed by atoms with E-state index in [4.69, 9.17) is 11.6 Å². The number of carbonyl (C=O) groups is 1. The Labute approximate surface area is 174 Å². The Morgan fingerprint density at radius 1 is 1.10 bits per heavy atom. The highest BCUT2D eigenvalue weighted by atomic mass is 35.5. The van der Waals surface area contributed by atoms with Crippen LogP contribution in [0.15, 0.2) is 54.7 Å². The molecule has 1 aliphatic rings. The van der Waals surface area contributed by atoms with Crippen LogP contribution in [0.25, 0.3) is 17.1 Å². The number of likely N-dealkylation sites (N-methyl/N-ethyl adjacent to an activating group) is 1. The Bertz CT molecular complexity index is 1060. The molecule has 0 saturated carbocycles. The van der Waals surface area contributed by atoms with Crippen LogP contribution in [0.2, 0.25) is 5.02 Å². The molecule has 148 valence electrons. The molecule has 1 saturated heterocycles. The van der Waals surface area contributed by atoms with Gasteiger partial charge in [-0.2, -0.15) is 0 Å². The molecule has 1 N–H and O–H groups in total. The summed E-state index contributed by atoms with van der Waals surface area (Å²) in [6.45, 7) is 3.78. The molecule has 1 aromatic heterocycles. The Morgan fingerprint density at radius 3 is 2.66 bits per heavy atom. The highest BCUT2D eigenvalue weighted by molar-refractivity contribution is 6.31. The second-order valence-corrected chi connectivity index (χ2v) is 7.49. The van der Waals surface area contributed by atoms with Crippen LogP contribution in [0.3, 0.4) is 0 Å². The molecule has 0 bridgehead atoms. The Kier molecular flexibility index (Phi) is 5.74. The highest BCUT2D eigenvalue weighted by Crippen LogP contribution is 2.30. The lowest BCUT2D eigenvalue weighted by molar-refractivity contribution is -0.111. The third-order valence-corrected chi connectivity index (χ3v) is 5.17. The van der Waals surface area contributed by atoms with Crippen molar-refractivity contribution in [2.75, 3.05) is 43.4 Å². The van der Waals surface area contributed by atoms with Gasteiger partial charge in [0.1, 0.15) is 0 Å². The molecule has 4 rings (SSSR count). The van der Waals surface area contributed by atoms with E-state index in [-0.39, 0.29) is 5.91 Å². The lowest BCUT2D eigenvalue weighted by atomic mass is 10.2. The van der Waals surface area contributed by atoms with E-state index >= 15 is 0 Å². The van der Waals surface area contributed by atoms with Crippen molar-refractivity contribution in [3.05, 3.63) is 65.5 Å². The SMILES string of the molecule is CN1CCN(c2ccc(Cl)cc2NC(=O)/C=C/c2cnc3ccccc3n2)CC1. The second-order valence-electron chi connectivity index (χ2n) is 7.06. The Morgan fingerprint density at radius 2 is 1.86 bits per heavy atom. The van der Waals surface area contributed by atoms with Crippen LogP contribution in [0.1, 0.15) is 5.69 Å². The van der Waals surface area contributed by atoms with Gasteiger partial charge in [-0.25, -0.2) is 4.98 Å². The monoisotopic (exact) mass is 407 g/mol. The normalized spacial score (nSPS) is 15.2. The van der Waals surface area contributed by atoms with Crippen molar-refractivity contribution >= 4 is 46.0 Å². The minimum absolute atomic E-state index is 0.238. The molecule has 29 heavy (non-hydrogen) atoms. The fraction of sp³-hybridized carbons (Fsp3) is 0.227. The van der Waals surface area contributed by atoms with E-state index in [1.54, 1.807) is 18.3 Å². The predicted molar refractivity (Wildman–Crippen MR) is 118 cm³/mol. The number of piperazine rings is 1. The average molecular weight is 408 g/mol. The Hall–Kier alpha value is -2.96. The quantitative estimate of drug-likeness (QED) is 0.668. The summed E-state index contributed by atoms with van der Waals surface area (Å²) in [4.78, 5) is 26.0. The van der Waals surface area contributed by atoms with Gasteiger partial charge >= 0.3 is 0 Å². The summed E-state index contributed by atoms with van der Waals surface area (Å²) < 4.78 is 0. The summed E-state index contributed by atoms with van der Waals surface area (Å²) in [5, 5.41) is 3.54. The smallest absolute Gasteiger partial charge is 0.248 e. The standard InChI is InChI=1S/C22H22ClN5O/c1-27-10-12-28(13-11-27)21-8-6-16(23)14-20(21)26-22(29)9-7-17-15-24-18-4-2-3-5-19(18)25-17/h2-9,14-15H,10-13H2,1H3,(H,26,29)/b9-7+. The number of nitrogens with zero attached hydrogens (tertiary/aromatic N) is 4. The van der Waals surface area contributed by atoms with E-state index < -0.39 is 0 Å². The maximum atomic E-state index is 12.5. The van der Waals surface area contributed by atoms with Crippen LogP contribution >= 0.6 is 11.6 Å². The van der Waals surface area contributed by atoms with Gasteiger partial charge in [0, 0.05) is 37.3 Å². The van der Waals surface area contributed by atoms with Gasteiger partial charge in [-0.15, -0.1) is 0 Å². The molecule has 0 radical (unpaired) electrons. The number of nitrogens with one attached hydrogen (secondary N) is 1. The molecule has 3 aromatic rings. The summed E-state index contributed by atoms with van der Waals surface area (Å²) in [7, 11) is 2.11. The van der Waals surface area contributed by atoms with Crippen molar-refractivity contribution in [3.63, 3.8) is 0 Å². The average Bonchev–Trinajstić information content (AvgIpc) is 2.73. The number of para-hydroxylation sites is 2. The van der Waals surface area contributed by atoms with E-state index in [0.29, 0.717) is 16.4 Å². The lowest BCUT2D eigenvalue weighted by Crippen LogP contribution is -2.44. The van der Waals surface area contributed by atoms with Gasteiger partial charge in [0.2, 0.25) is 5.91 Å². The predicted octanol–water partition coefficient (Wildman–Crippen LogP) is 3.69. The largest absolute Gasteiger partial charge is 0.367 e. The minimum Gasteiger partial charge on any atom is -0.367 e. The number of carbonyl (C=O) groups excluding carboxylic acids is 1.